The zero-order valence-corrected chi connectivity index (χ0v) is 24.3. The van der Waals surface area contributed by atoms with Crippen molar-refractivity contribution in [2.75, 3.05) is 17.7 Å². The number of ether oxygens (including phenoxy) is 1. The summed E-state index contributed by atoms with van der Waals surface area (Å²) in [5, 5.41) is 15.5. The van der Waals surface area contributed by atoms with E-state index in [4.69, 9.17) is 9.15 Å². The van der Waals surface area contributed by atoms with Gasteiger partial charge in [-0.3, -0.25) is 9.59 Å². The van der Waals surface area contributed by atoms with Gasteiger partial charge in [-0.05, 0) is 55.9 Å². The van der Waals surface area contributed by atoms with Gasteiger partial charge in [-0.25, -0.2) is 4.79 Å². The van der Waals surface area contributed by atoms with Crippen molar-refractivity contribution in [2.45, 2.75) is 57.3 Å². The second-order valence-corrected chi connectivity index (χ2v) is 11.5. The molecule has 0 saturated carbocycles. The lowest BCUT2D eigenvalue weighted by Crippen LogP contribution is -2.24. The number of amides is 2. The zero-order valence-electron chi connectivity index (χ0n) is 22.7. The summed E-state index contributed by atoms with van der Waals surface area (Å²) in [6, 6.07) is 13.0. The van der Waals surface area contributed by atoms with Crippen molar-refractivity contribution >= 4 is 45.9 Å². The third-order valence-corrected chi connectivity index (χ3v) is 8.79. The predicted octanol–water partition coefficient (Wildman–Crippen LogP) is 5.09. The lowest BCUT2D eigenvalue weighted by Gasteiger charge is -2.11. The fourth-order valence-corrected chi connectivity index (χ4v) is 6.73. The number of nitrogens with one attached hydrogen (secondary N) is 2. The number of hydrogen-bond acceptors (Lipinski definition) is 9. The minimum Gasteiger partial charge on any atom is -0.462 e. The van der Waals surface area contributed by atoms with Crippen LogP contribution in [0.3, 0.4) is 0 Å². The van der Waals surface area contributed by atoms with Crippen molar-refractivity contribution in [3.05, 3.63) is 81.9 Å². The first kappa shape index (κ1) is 28.6. The van der Waals surface area contributed by atoms with Crippen LogP contribution in [0, 0.1) is 0 Å². The number of thiophene rings is 1. The number of carbonyl (C=O) groups is 3. The number of rotatable bonds is 11. The molecule has 3 aromatic heterocycles. The largest absolute Gasteiger partial charge is 0.462 e. The Balaban J connectivity index is 1.30. The molecule has 3 heterocycles. The Morgan fingerprint density at radius 1 is 1.07 bits per heavy atom. The summed E-state index contributed by atoms with van der Waals surface area (Å²) >= 11 is 2.72. The number of esters is 1. The summed E-state index contributed by atoms with van der Waals surface area (Å²) in [6.45, 7) is 2.65. The number of thioether (sulfide) groups is 1. The standard InChI is InChI=1S/C29H31N5O5S2/c1-2-38-28(37)25-20-12-7-4-8-14-22(20)41-27(25)31-24(35)18-40-29-33-32-23(16-30-26(36)21-13-9-15-39-21)34(29)17-19-10-5-3-6-11-19/h3,5-6,9-11,13,15H,2,4,7-8,12,14,16-18H2,1H3,(H,30,36)(H,31,35). The van der Waals surface area contributed by atoms with E-state index >= 15 is 0 Å². The fraction of sp³-hybridized carbons (Fsp3) is 0.345. The van der Waals surface area contributed by atoms with Gasteiger partial charge in [0.1, 0.15) is 5.00 Å². The smallest absolute Gasteiger partial charge is 0.341 e. The first-order valence-corrected chi connectivity index (χ1v) is 15.4. The highest BCUT2D eigenvalue weighted by Gasteiger charge is 2.27. The highest BCUT2D eigenvalue weighted by Crippen LogP contribution is 2.38. The molecule has 1 aliphatic carbocycles. The molecule has 12 heteroatoms. The first-order valence-electron chi connectivity index (χ1n) is 13.6. The Labute approximate surface area is 245 Å². The third-order valence-electron chi connectivity index (χ3n) is 6.62. The third kappa shape index (κ3) is 7.06. The van der Waals surface area contributed by atoms with Crippen LogP contribution in [0.25, 0.3) is 0 Å². The molecule has 0 unspecified atom stereocenters. The van der Waals surface area contributed by atoms with Crippen molar-refractivity contribution in [2.24, 2.45) is 0 Å². The normalized spacial score (nSPS) is 12.8. The van der Waals surface area contributed by atoms with Gasteiger partial charge in [-0.1, -0.05) is 48.5 Å². The van der Waals surface area contributed by atoms with E-state index in [0.29, 0.717) is 28.1 Å². The average molecular weight is 594 g/mol. The highest BCUT2D eigenvalue weighted by molar-refractivity contribution is 7.99. The number of benzene rings is 1. The van der Waals surface area contributed by atoms with Crippen LogP contribution in [-0.2, 0) is 35.5 Å². The Kier molecular flexibility index (Phi) is 9.52. The Hall–Kier alpha value is -3.90. The van der Waals surface area contributed by atoms with E-state index < -0.39 is 5.97 Å². The maximum atomic E-state index is 13.1. The second-order valence-electron chi connectivity index (χ2n) is 9.46. The van der Waals surface area contributed by atoms with Crippen LogP contribution in [0.15, 0.2) is 58.3 Å². The number of furan rings is 1. The van der Waals surface area contributed by atoms with E-state index in [9.17, 15) is 14.4 Å². The summed E-state index contributed by atoms with van der Waals surface area (Å²) in [5.41, 5.74) is 2.53. The molecule has 2 amide bonds. The lowest BCUT2D eigenvalue weighted by molar-refractivity contribution is -0.113. The fourth-order valence-electron chi connectivity index (χ4n) is 4.68. The molecule has 1 aromatic carbocycles. The average Bonchev–Trinajstić information content (AvgIpc) is 3.68. The Morgan fingerprint density at radius 3 is 2.68 bits per heavy atom. The number of aryl methyl sites for hydroxylation is 1. The monoisotopic (exact) mass is 593 g/mol. The Bertz CT molecular complexity index is 1500. The van der Waals surface area contributed by atoms with E-state index in [1.807, 2.05) is 34.9 Å². The van der Waals surface area contributed by atoms with Crippen molar-refractivity contribution in [1.29, 1.82) is 0 Å². The van der Waals surface area contributed by atoms with Gasteiger partial charge in [0.15, 0.2) is 16.7 Å². The van der Waals surface area contributed by atoms with Crippen molar-refractivity contribution in [3.8, 4) is 0 Å². The van der Waals surface area contributed by atoms with E-state index in [-0.39, 0.29) is 36.5 Å². The van der Waals surface area contributed by atoms with Crippen molar-refractivity contribution < 1.29 is 23.5 Å². The van der Waals surface area contributed by atoms with Gasteiger partial charge in [0, 0.05) is 4.88 Å². The van der Waals surface area contributed by atoms with Gasteiger partial charge < -0.3 is 24.4 Å². The van der Waals surface area contributed by atoms with Crippen LogP contribution in [-0.4, -0.2) is 44.9 Å². The molecule has 214 valence electrons. The molecule has 4 aromatic rings. The van der Waals surface area contributed by atoms with Crippen LogP contribution in [0.5, 0.6) is 0 Å². The maximum absolute atomic E-state index is 13.1. The van der Waals surface area contributed by atoms with Crippen LogP contribution in [0.1, 0.15) is 68.9 Å². The minimum atomic E-state index is -0.390. The molecule has 2 N–H and O–H groups in total. The van der Waals surface area contributed by atoms with E-state index in [2.05, 4.69) is 20.8 Å². The predicted molar refractivity (Wildman–Crippen MR) is 156 cm³/mol. The molecule has 5 rings (SSSR count). The van der Waals surface area contributed by atoms with Crippen molar-refractivity contribution in [1.82, 2.24) is 20.1 Å². The first-order chi connectivity index (χ1) is 20.0. The number of fused-ring (bicyclic) bond motifs is 1. The molecule has 0 atom stereocenters. The summed E-state index contributed by atoms with van der Waals surface area (Å²) < 4.78 is 12.4. The molecule has 1 aliphatic rings. The molecule has 0 spiro atoms. The number of anilines is 1. The molecular formula is C29H31N5O5S2. The molecule has 0 saturated heterocycles. The van der Waals surface area contributed by atoms with E-state index in [0.717, 1.165) is 48.1 Å². The molecule has 10 nitrogen and oxygen atoms in total. The summed E-state index contributed by atoms with van der Waals surface area (Å²) in [5.74, 6) is -0.180. The van der Waals surface area contributed by atoms with Gasteiger partial charge >= 0.3 is 5.97 Å². The molecule has 0 aliphatic heterocycles. The number of carbonyl (C=O) groups excluding carboxylic acids is 3. The van der Waals surface area contributed by atoms with Crippen LogP contribution in [0.4, 0.5) is 5.00 Å². The second kappa shape index (κ2) is 13.6. The van der Waals surface area contributed by atoms with E-state index in [1.54, 1.807) is 19.1 Å². The Morgan fingerprint density at radius 2 is 1.90 bits per heavy atom. The molecule has 0 radical (unpaired) electrons. The van der Waals surface area contributed by atoms with Gasteiger partial charge in [-0.2, -0.15) is 0 Å². The zero-order chi connectivity index (χ0) is 28.6. The van der Waals surface area contributed by atoms with Gasteiger partial charge in [0.05, 0.1) is 37.3 Å². The molecular weight excluding hydrogens is 562 g/mol. The van der Waals surface area contributed by atoms with E-state index in [1.165, 1.54) is 29.4 Å². The highest BCUT2D eigenvalue weighted by atomic mass is 32.2. The maximum Gasteiger partial charge on any atom is 0.341 e. The lowest BCUT2D eigenvalue weighted by atomic mass is 10.1. The summed E-state index contributed by atoms with van der Waals surface area (Å²) in [4.78, 5) is 39.5. The molecule has 41 heavy (non-hydrogen) atoms. The minimum absolute atomic E-state index is 0.0660. The number of aromatic nitrogens is 3. The van der Waals surface area contributed by atoms with Crippen LogP contribution < -0.4 is 10.6 Å². The number of hydrogen-bond donors (Lipinski definition) is 2. The van der Waals surface area contributed by atoms with Crippen molar-refractivity contribution in [3.63, 3.8) is 0 Å². The van der Waals surface area contributed by atoms with Crippen LogP contribution >= 0.6 is 23.1 Å². The SMILES string of the molecule is CCOC(=O)c1c(NC(=O)CSc2nnc(CNC(=O)c3ccco3)n2Cc2ccccc2)sc2c1CCCCC2. The molecule has 0 fully saturated rings. The number of nitrogens with zero attached hydrogens (tertiary/aromatic N) is 3. The van der Waals surface area contributed by atoms with Gasteiger partial charge in [0.2, 0.25) is 5.91 Å². The van der Waals surface area contributed by atoms with Crippen LogP contribution in [0.2, 0.25) is 0 Å². The van der Waals surface area contributed by atoms with Gasteiger partial charge in [0.25, 0.3) is 5.91 Å². The molecule has 0 bridgehead atoms. The van der Waals surface area contributed by atoms with Gasteiger partial charge in [-0.15, -0.1) is 21.5 Å². The summed E-state index contributed by atoms with van der Waals surface area (Å²) in [6.07, 6.45) is 6.36. The topological polar surface area (TPSA) is 128 Å². The quantitative estimate of drug-likeness (QED) is 0.140. The summed E-state index contributed by atoms with van der Waals surface area (Å²) in [7, 11) is 0.